The molecule has 1 N–H and O–H groups in total. The SMILES string of the molecule is O=C(NCCN1CCCCCC1)C1CCN(Cc2cc3ccccc3n2Cc2ccccc2)CC1. The number of likely N-dealkylation sites (tertiary alicyclic amines) is 2. The van der Waals surface area contributed by atoms with Gasteiger partial charge in [0.25, 0.3) is 0 Å². The van der Waals surface area contributed by atoms with E-state index in [4.69, 9.17) is 0 Å². The molecule has 3 aromatic rings. The number of nitrogens with one attached hydrogen (secondary N) is 1. The normalized spacial score (nSPS) is 18.5. The second-order valence-electron chi connectivity index (χ2n) is 10.4. The van der Waals surface area contributed by atoms with E-state index in [2.05, 4.69) is 80.3 Å². The molecule has 5 heteroatoms. The number of aromatic nitrogens is 1. The number of carbonyl (C=O) groups excluding carboxylic acids is 1. The van der Waals surface area contributed by atoms with E-state index < -0.39 is 0 Å². The van der Waals surface area contributed by atoms with Gasteiger partial charge in [-0.15, -0.1) is 0 Å². The van der Waals surface area contributed by atoms with E-state index in [0.29, 0.717) is 0 Å². The second-order valence-corrected chi connectivity index (χ2v) is 10.4. The van der Waals surface area contributed by atoms with Crippen molar-refractivity contribution in [3.63, 3.8) is 0 Å². The Kier molecular flexibility index (Phi) is 8.17. The van der Waals surface area contributed by atoms with Crippen LogP contribution in [0.1, 0.15) is 49.8 Å². The van der Waals surface area contributed by atoms with Gasteiger partial charge in [-0.1, -0.05) is 61.4 Å². The van der Waals surface area contributed by atoms with Gasteiger partial charge in [-0.3, -0.25) is 9.69 Å². The molecular formula is C30H40N4O. The lowest BCUT2D eigenvalue weighted by atomic mass is 9.96. The number of fused-ring (bicyclic) bond motifs is 1. The van der Waals surface area contributed by atoms with Gasteiger partial charge in [-0.2, -0.15) is 0 Å². The number of nitrogens with zero attached hydrogens (tertiary/aromatic N) is 3. The lowest BCUT2D eigenvalue weighted by molar-refractivity contribution is -0.126. The molecule has 0 aliphatic carbocycles. The average Bonchev–Trinajstić information content (AvgIpc) is 3.04. The molecule has 0 saturated carbocycles. The maximum Gasteiger partial charge on any atom is 0.223 e. The molecular weight excluding hydrogens is 432 g/mol. The van der Waals surface area contributed by atoms with Crippen LogP contribution in [0, 0.1) is 5.92 Å². The Morgan fingerprint density at radius 3 is 2.29 bits per heavy atom. The maximum atomic E-state index is 12.8. The van der Waals surface area contributed by atoms with Crippen LogP contribution in [-0.2, 0) is 17.9 Å². The van der Waals surface area contributed by atoms with Crippen molar-refractivity contribution in [2.24, 2.45) is 5.92 Å². The van der Waals surface area contributed by atoms with Crippen LogP contribution in [0.3, 0.4) is 0 Å². The maximum absolute atomic E-state index is 12.8. The van der Waals surface area contributed by atoms with Gasteiger partial charge in [-0.25, -0.2) is 0 Å². The Hall–Kier alpha value is -2.63. The standard InChI is InChI=1S/C30H40N4O/c35-30(31-16-21-32-17-8-1-2-9-18-32)26-14-19-33(20-15-26)24-28-22-27-12-6-7-13-29(27)34(28)23-25-10-4-3-5-11-25/h3-7,10-13,22,26H,1-2,8-9,14-21,23-24H2,(H,31,35). The van der Waals surface area contributed by atoms with Crippen molar-refractivity contribution < 1.29 is 4.79 Å². The Morgan fingerprint density at radius 2 is 1.51 bits per heavy atom. The van der Waals surface area contributed by atoms with E-state index in [1.807, 2.05) is 0 Å². The van der Waals surface area contributed by atoms with Gasteiger partial charge < -0.3 is 14.8 Å². The van der Waals surface area contributed by atoms with Crippen LogP contribution in [-0.4, -0.2) is 59.5 Å². The molecule has 2 aliphatic rings. The first-order chi connectivity index (χ1) is 17.3. The van der Waals surface area contributed by atoms with Crippen molar-refractivity contribution in [3.8, 4) is 0 Å². The van der Waals surface area contributed by atoms with Gasteiger partial charge in [0.05, 0.1) is 0 Å². The molecule has 2 aromatic carbocycles. The van der Waals surface area contributed by atoms with Gasteiger partial charge in [0.2, 0.25) is 5.91 Å². The number of carbonyl (C=O) groups is 1. The predicted octanol–water partition coefficient (Wildman–Crippen LogP) is 4.89. The van der Waals surface area contributed by atoms with E-state index in [1.165, 1.54) is 60.9 Å². The van der Waals surface area contributed by atoms with E-state index in [1.54, 1.807) is 0 Å². The highest BCUT2D eigenvalue weighted by atomic mass is 16.1. The molecule has 1 amide bonds. The molecule has 1 aromatic heterocycles. The molecule has 3 heterocycles. The molecule has 2 fully saturated rings. The third-order valence-corrected chi connectivity index (χ3v) is 7.85. The summed E-state index contributed by atoms with van der Waals surface area (Å²) in [6.07, 6.45) is 7.22. The molecule has 0 bridgehead atoms. The first-order valence-corrected chi connectivity index (χ1v) is 13.6. The minimum Gasteiger partial charge on any atom is -0.355 e. The lowest BCUT2D eigenvalue weighted by Gasteiger charge is -2.31. The number of rotatable bonds is 8. The number of amides is 1. The summed E-state index contributed by atoms with van der Waals surface area (Å²) in [5.41, 5.74) is 3.98. The van der Waals surface area contributed by atoms with E-state index in [-0.39, 0.29) is 11.8 Å². The van der Waals surface area contributed by atoms with Gasteiger partial charge in [-0.05, 0) is 74.9 Å². The number of hydrogen-bond acceptors (Lipinski definition) is 3. The number of para-hydroxylation sites is 1. The van der Waals surface area contributed by atoms with E-state index in [0.717, 1.165) is 52.1 Å². The highest BCUT2D eigenvalue weighted by Crippen LogP contribution is 2.25. The van der Waals surface area contributed by atoms with Gasteiger partial charge in [0.1, 0.15) is 0 Å². The second kappa shape index (κ2) is 11.9. The van der Waals surface area contributed by atoms with Crippen LogP contribution in [0.2, 0.25) is 0 Å². The Bertz CT molecular complexity index is 1080. The Morgan fingerprint density at radius 1 is 0.800 bits per heavy atom. The number of piperidine rings is 1. The molecule has 35 heavy (non-hydrogen) atoms. The molecule has 0 atom stereocenters. The summed E-state index contributed by atoms with van der Waals surface area (Å²) >= 11 is 0. The monoisotopic (exact) mass is 472 g/mol. The van der Waals surface area contributed by atoms with Crippen molar-refractivity contribution in [1.82, 2.24) is 19.7 Å². The Labute approximate surface area is 210 Å². The third-order valence-electron chi connectivity index (χ3n) is 7.85. The quantitative estimate of drug-likeness (QED) is 0.507. The molecule has 0 radical (unpaired) electrons. The summed E-state index contributed by atoms with van der Waals surface area (Å²) in [6, 6.07) is 21.8. The zero-order valence-corrected chi connectivity index (χ0v) is 21.0. The fourth-order valence-electron chi connectivity index (χ4n) is 5.77. The van der Waals surface area contributed by atoms with Gasteiger partial charge in [0, 0.05) is 43.3 Å². The summed E-state index contributed by atoms with van der Waals surface area (Å²) in [5, 5.41) is 4.54. The number of benzene rings is 2. The van der Waals surface area contributed by atoms with Crippen LogP contribution in [0.4, 0.5) is 0 Å². The summed E-state index contributed by atoms with van der Waals surface area (Å²) in [4.78, 5) is 17.8. The first-order valence-electron chi connectivity index (χ1n) is 13.6. The average molecular weight is 473 g/mol. The molecule has 0 unspecified atom stereocenters. The summed E-state index contributed by atoms with van der Waals surface area (Å²) in [6.45, 7) is 7.96. The van der Waals surface area contributed by atoms with Crippen molar-refractivity contribution in [2.45, 2.75) is 51.6 Å². The summed E-state index contributed by atoms with van der Waals surface area (Å²) in [7, 11) is 0. The van der Waals surface area contributed by atoms with Crippen LogP contribution in [0.15, 0.2) is 60.7 Å². The van der Waals surface area contributed by atoms with Crippen LogP contribution >= 0.6 is 0 Å². The predicted molar refractivity (Wildman–Crippen MR) is 143 cm³/mol. The topological polar surface area (TPSA) is 40.5 Å². The van der Waals surface area contributed by atoms with E-state index >= 15 is 0 Å². The Balaban J connectivity index is 1.14. The molecule has 0 spiro atoms. The van der Waals surface area contributed by atoms with Crippen LogP contribution in [0.25, 0.3) is 10.9 Å². The van der Waals surface area contributed by atoms with Crippen LogP contribution in [0.5, 0.6) is 0 Å². The van der Waals surface area contributed by atoms with Crippen molar-refractivity contribution in [2.75, 3.05) is 39.3 Å². The highest BCUT2D eigenvalue weighted by molar-refractivity contribution is 5.81. The zero-order chi connectivity index (χ0) is 23.9. The smallest absolute Gasteiger partial charge is 0.223 e. The lowest BCUT2D eigenvalue weighted by Crippen LogP contribution is -2.42. The van der Waals surface area contributed by atoms with Crippen molar-refractivity contribution >= 4 is 16.8 Å². The van der Waals surface area contributed by atoms with Crippen LogP contribution < -0.4 is 5.32 Å². The minimum atomic E-state index is 0.158. The summed E-state index contributed by atoms with van der Waals surface area (Å²) < 4.78 is 2.46. The largest absolute Gasteiger partial charge is 0.355 e. The van der Waals surface area contributed by atoms with Gasteiger partial charge in [0.15, 0.2) is 0 Å². The summed E-state index contributed by atoms with van der Waals surface area (Å²) in [5.74, 6) is 0.420. The molecule has 5 nitrogen and oxygen atoms in total. The molecule has 5 rings (SSSR count). The van der Waals surface area contributed by atoms with E-state index in [9.17, 15) is 4.79 Å². The van der Waals surface area contributed by atoms with Crippen molar-refractivity contribution in [1.29, 1.82) is 0 Å². The van der Waals surface area contributed by atoms with Gasteiger partial charge >= 0.3 is 0 Å². The molecule has 2 aliphatic heterocycles. The molecule has 2 saturated heterocycles. The first kappa shape index (κ1) is 24.1. The fraction of sp³-hybridized carbons (Fsp3) is 0.500. The zero-order valence-electron chi connectivity index (χ0n) is 21.0. The minimum absolute atomic E-state index is 0.158. The third kappa shape index (κ3) is 6.33. The van der Waals surface area contributed by atoms with Crippen molar-refractivity contribution in [3.05, 3.63) is 71.9 Å². The fourth-order valence-corrected chi connectivity index (χ4v) is 5.77. The highest BCUT2D eigenvalue weighted by Gasteiger charge is 2.25. The number of hydrogen-bond donors (Lipinski definition) is 1. The molecule has 186 valence electrons.